The zero-order chi connectivity index (χ0) is 17.1. The molecule has 0 unspecified atom stereocenters. The van der Waals surface area contributed by atoms with Gasteiger partial charge in [-0.2, -0.15) is 0 Å². The summed E-state index contributed by atoms with van der Waals surface area (Å²) in [6, 6.07) is 11.0. The van der Waals surface area contributed by atoms with E-state index in [0.29, 0.717) is 17.1 Å². The molecule has 0 saturated heterocycles. The fourth-order valence-electron chi connectivity index (χ4n) is 2.42. The second-order valence-corrected chi connectivity index (χ2v) is 5.93. The summed E-state index contributed by atoms with van der Waals surface area (Å²) >= 11 is 6.25. The van der Waals surface area contributed by atoms with Crippen molar-refractivity contribution in [2.75, 3.05) is 7.05 Å². The summed E-state index contributed by atoms with van der Waals surface area (Å²) in [6.07, 6.45) is 5.28. The monoisotopic (exact) mass is 340 g/mol. The summed E-state index contributed by atoms with van der Waals surface area (Å²) in [7, 11) is 3.64. The lowest BCUT2D eigenvalue weighted by molar-refractivity contribution is 0.0781. The van der Waals surface area contributed by atoms with Crippen molar-refractivity contribution >= 4 is 17.5 Å². The lowest BCUT2D eigenvalue weighted by Crippen LogP contribution is -2.27. The molecule has 1 aromatic carbocycles. The van der Waals surface area contributed by atoms with Gasteiger partial charge in [-0.05, 0) is 24.3 Å². The Labute approximate surface area is 145 Å². The number of amides is 1. The van der Waals surface area contributed by atoms with Crippen LogP contribution in [0.4, 0.5) is 0 Å². The van der Waals surface area contributed by atoms with Crippen LogP contribution in [-0.4, -0.2) is 32.4 Å². The molecular formula is C18H17ClN4O. The molecule has 0 fully saturated rings. The highest BCUT2D eigenvalue weighted by atomic mass is 35.5. The molecule has 3 rings (SSSR count). The van der Waals surface area contributed by atoms with E-state index in [4.69, 9.17) is 11.6 Å². The van der Waals surface area contributed by atoms with Gasteiger partial charge in [-0.25, -0.2) is 4.98 Å². The molecule has 1 amide bonds. The van der Waals surface area contributed by atoms with Gasteiger partial charge in [-0.3, -0.25) is 9.78 Å². The van der Waals surface area contributed by atoms with Gasteiger partial charge in [0, 0.05) is 38.2 Å². The van der Waals surface area contributed by atoms with Crippen LogP contribution in [0.5, 0.6) is 0 Å². The first-order valence-electron chi connectivity index (χ1n) is 7.49. The maximum absolute atomic E-state index is 12.8. The zero-order valence-corrected chi connectivity index (χ0v) is 14.2. The lowest BCUT2D eigenvalue weighted by atomic mass is 10.1. The SMILES string of the molecule is CN(Cc1nccn1C)C(=O)c1cc(-c2ccccn2)ccc1Cl. The third-order valence-electron chi connectivity index (χ3n) is 3.80. The van der Waals surface area contributed by atoms with Crippen molar-refractivity contribution in [1.29, 1.82) is 0 Å². The molecule has 0 radical (unpaired) electrons. The highest BCUT2D eigenvalue weighted by Gasteiger charge is 2.18. The third kappa shape index (κ3) is 3.31. The number of aryl methyl sites for hydroxylation is 1. The number of imidazole rings is 1. The van der Waals surface area contributed by atoms with E-state index in [-0.39, 0.29) is 5.91 Å². The van der Waals surface area contributed by atoms with E-state index in [1.165, 1.54) is 0 Å². The van der Waals surface area contributed by atoms with Gasteiger partial charge in [-0.15, -0.1) is 0 Å². The quantitative estimate of drug-likeness (QED) is 0.731. The molecule has 6 heteroatoms. The molecule has 5 nitrogen and oxygen atoms in total. The Morgan fingerprint density at radius 2 is 2.04 bits per heavy atom. The number of hydrogen-bond donors (Lipinski definition) is 0. The number of nitrogens with zero attached hydrogens (tertiary/aromatic N) is 4. The number of carbonyl (C=O) groups is 1. The molecule has 0 aliphatic carbocycles. The van der Waals surface area contributed by atoms with Crippen molar-refractivity contribution in [3.8, 4) is 11.3 Å². The van der Waals surface area contributed by atoms with E-state index in [1.807, 2.05) is 42.1 Å². The molecule has 0 spiro atoms. The molecule has 0 aliphatic heterocycles. The summed E-state index contributed by atoms with van der Waals surface area (Å²) in [4.78, 5) is 22.9. The standard InChI is InChI=1S/C18H17ClN4O/c1-22-10-9-21-17(22)12-23(2)18(24)14-11-13(6-7-15(14)19)16-5-3-4-8-20-16/h3-11H,12H2,1-2H3. The average molecular weight is 341 g/mol. The van der Waals surface area contributed by atoms with E-state index < -0.39 is 0 Å². The van der Waals surface area contributed by atoms with Crippen LogP contribution in [0.1, 0.15) is 16.2 Å². The number of aromatic nitrogens is 3. The summed E-state index contributed by atoms with van der Waals surface area (Å²) in [6.45, 7) is 0.409. The van der Waals surface area contributed by atoms with Gasteiger partial charge in [0.05, 0.1) is 22.8 Å². The zero-order valence-electron chi connectivity index (χ0n) is 13.5. The smallest absolute Gasteiger partial charge is 0.255 e. The van der Waals surface area contributed by atoms with Gasteiger partial charge in [0.25, 0.3) is 5.91 Å². The van der Waals surface area contributed by atoms with Crippen LogP contribution in [0.25, 0.3) is 11.3 Å². The number of carbonyl (C=O) groups excluding carboxylic acids is 1. The molecule has 0 atom stereocenters. The molecule has 3 aromatic rings. The number of pyridine rings is 1. The maximum atomic E-state index is 12.8. The molecule has 122 valence electrons. The number of rotatable bonds is 4. The molecule has 24 heavy (non-hydrogen) atoms. The van der Waals surface area contributed by atoms with Crippen LogP contribution in [0.3, 0.4) is 0 Å². The van der Waals surface area contributed by atoms with Crippen LogP contribution < -0.4 is 0 Å². The predicted molar refractivity (Wildman–Crippen MR) is 93.7 cm³/mol. The molecule has 0 saturated carbocycles. The topological polar surface area (TPSA) is 51.0 Å². The first kappa shape index (κ1) is 16.2. The Kier molecular flexibility index (Phi) is 4.62. The summed E-state index contributed by atoms with van der Waals surface area (Å²) < 4.78 is 1.88. The molecule has 0 aliphatic rings. The fraction of sp³-hybridized carbons (Fsp3) is 0.167. The van der Waals surface area contributed by atoms with Crippen LogP contribution >= 0.6 is 11.6 Å². The van der Waals surface area contributed by atoms with Gasteiger partial charge < -0.3 is 9.47 Å². The largest absolute Gasteiger partial charge is 0.337 e. The van der Waals surface area contributed by atoms with Gasteiger partial charge >= 0.3 is 0 Å². The lowest BCUT2D eigenvalue weighted by Gasteiger charge is -2.18. The van der Waals surface area contributed by atoms with E-state index in [2.05, 4.69) is 9.97 Å². The molecular weight excluding hydrogens is 324 g/mol. The molecule has 2 aromatic heterocycles. The minimum atomic E-state index is -0.152. The van der Waals surface area contributed by atoms with Gasteiger partial charge in [0.15, 0.2) is 0 Å². The normalized spacial score (nSPS) is 10.6. The van der Waals surface area contributed by atoms with Crippen molar-refractivity contribution in [2.45, 2.75) is 6.54 Å². The maximum Gasteiger partial charge on any atom is 0.255 e. The van der Waals surface area contributed by atoms with Crippen molar-refractivity contribution in [2.24, 2.45) is 7.05 Å². The van der Waals surface area contributed by atoms with Crippen LogP contribution in [0.2, 0.25) is 5.02 Å². The second-order valence-electron chi connectivity index (χ2n) is 5.53. The molecule has 2 heterocycles. The second kappa shape index (κ2) is 6.84. The van der Waals surface area contributed by atoms with Gasteiger partial charge in [0.1, 0.15) is 5.82 Å². The first-order chi connectivity index (χ1) is 11.6. The minimum Gasteiger partial charge on any atom is -0.337 e. The Hall–Kier alpha value is -2.66. The Balaban J connectivity index is 1.88. The Morgan fingerprint density at radius 1 is 1.21 bits per heavy atom. The number of benzene rings is 1. The predicted octanol–water partition coefficient (Wildman–Crippen LogP) is 3.41. The summed E-state index contributed by atoms with van der Waals surface area (Å²) in [5.74, 6) is 0.656. The van der Waals surface area contributed by atoms with Crippen molar-refractivity contribution in [3.05, 3.63) is 71.4 Å². The highest BCUT2D eigenvalue weighted by Crippen LogP contribution is 2.25. The van der Waals surface area contributed by atoms with E-state index in [1.54, 1.807) is 36.5 Å². The Bertz CT molecular complexity index is 860. The van der Waals surface area contributed by atoms with E-state index >= 15 is 0 Å². The van der Waals surface area contributed by atoms with Gasteiger partial charge in [-0.1, -0.05) is 23.7 Å². The van der Waals surface area contributed by atoms with Crippen molar-refractivity contribution in [1.82, 2.24) is 19.4 Å². The summed E-state index contributed by atoms with van der Waals surface area (Å²) in [5.41, 5.74) is 2.11. The van der Waals surface area contributed by atoms with E-state index in [9.17, 15) is 4.79 Å². The fourth-order valence-corrected chi connectivity index (χ4v) is 2.62. The first-order valence-corrected chi connectivity index (χ1v) is 7.86. The number of hydrogen-bond acceptors (Lipinski definition) is 3. The van der Waals surface area contributed by atoms with Crippen LogP contribution in [0, 0.1) is 0 Å². The van der Waals surface area contributed by atoms with E-state index in [0.717, 1.165) is 17.1 Å². The van der Waals surface area contributed by atoms with Crippen molar-refractivity contribution in [3.63, 3.8) is 0 Å². The highest BCUT2D eigenvalue weighted by molar-refractivity contribution is 6.34. The summed E-state index contributed by atoms with van der Waals surface area (Å²) in [5, 5.41) is 0.423. The Morgan fingerprint density at radius 3 is 2.71 bits per heavy atom. The number of halogens is 1. The van der Waals surface area contributed by atoms with Crippen LogP contribution in [0.15, 0.2) is 55.0 Å². The molecule has 0 N–H and O–H groups in total. The molecule has 0 bridgehead atoms. The van der Waals surface area contributed by atoms with Crippen LogP contribution in [-0.2, 0) is 13.6 Å². The van der Waals surface area contributed by atoms with Crippen molar-refractivity contribution < 1.29 is 4.79 Å². The van der Waals surface area contributed by atoms with Gasteiger partial charge in [0.2, 0.25) is 0 Å². The third-order valence-corrected chi connectivity index (χ3v) is 4.13. The minimum absolute atomic E-state index is 0.152. The average Bonchev–Trinajstić information content (AvgIpc) is 3.00.